The Hall–Kier alpha value is -4.92. The Bertz CT molecular complexity index is 1860. The average molecular weight is 590 g/mol. The molecule has 2 aromatic carbocycles. The van der Waals surface area contributed by atoms with E-state index in [9.17, 15) is 24.3 Å². The minimum absolute atomic E-state index is 0.149. The van der Waals surface area contributed by atoms with Gasteiger partial charge in [0.25, 0.3) is 11.8 Å². The van der Waals surface area contributed by atoms with E-state index in [1.165, 1.54) is 56.2 Å². The number of rotatable bonds is 6. The summed E-state index contributed by atoms with van der Waals surface area (Å²) in [5, 5.41) is 12.3. The van der Waals surface area contributed by atoms with Crippen LogP contribution in [0.2, 0.25) is 0 Å². The van der Waals surface area contributed by atoms with Crippen LogP contribution in [0, 0.1) is 17.8 Å². The number of carbonyl (C=O) groups excluding carboxylic acids is 3. The Kier molecular flexibility index (Phi) is 5.95. The number of aromatic carboxylic acids is 1. The number of carbonyl (C=O) groups is 4. The fourth-order valence-corrected chi connectivity index (χ4v) is 8.74. The highest BCUT2D eigenvalue weighted by atomic mass is 16.4. The number of fused-ring (bicyclic) bond motifs is 1. The lowest BCUT2D eigenvalue weighted by molar-refractivity contribution is -0.122. The fraction of sp³-hybridized carbons (Fsp3) is 0.314. The molecule has 4 saturated carbocycles. The van der Waals surface area contributed by atoms with Crippen molar-refractivity contribution in [1.82, 2.24) is 9.88 Å². The molecule has 5 fully saturated rings. The van der Waals surface area contributed by atoms with Crippen molar-refractivity contribution >= 4 is 46.5 Å². The van der Waals surface area contributed by atoms with Gasteiger partial charge in [0, 0.05) is 22.7 Å². The third kappa shape index (κ3) is 4.29. The summed E-state index contributed by atoms with van der Waals surface area (Å²) in [5.41, 5.74) is 3.18. The average Bonchev–Trinajstić information content (AvgIpc) is 3.60. The van der Waals surface area contributed by atoms with Crippen LogP contribution < -0.4 is 10.2 Å². The predicted molar refractivity (Wildman–Crippen MR) is 162 cm³/mol. The highest BCUT2D eigenvalue weighted by Crippen LogP contribution is 2.60. The largest absolute Gasteiger partial charge is 0.475 e. The van der Waals surface area contributed by atoms with E-state index in [4.69, 9.17) is 4.42 Å². The summed E-state index contributed by atoms with van der Waals surface area (Å²) >= 11 is 0. The van der Waals surface area contributed by atoms with Crippen molar-refractivity contribution in [1.29, 1.82) is 0 Å². The molecule has 2 aromatic heterocycles. The lowest BCUT2D eigenvalue weighted by atomic mass is 9.48. The predicted octanol–water partition coefficient (Wildman–Crippen LogP) is 6.12. The SMILES string of the molecule is O=C1NC(=O)N(c2ccc(C34CC5CC(CC(C5)C3)C4)cc2)C(=O)/C1=C/c1cn(Cc2ccc(C(=O)O)o2)c2ccccc12. The monoisotopic (exact) mass is 589 g/mol. The summed E-state index contributed by atoms with van der Waals surface area (Å²) in [4.78, 5) is 52.0. The first-order chi connectivity index (χ1) is 21.3. The Morgan fingerprint density at radius 3 is 2.27 bits per heavy atom. The second-order valence-electron chi connectivity index (χ2n) is 13.0. The number of hydrogen-bond donors (Lipinski definition) is 2. The minimum atomic E-state index is -1.15. The third-order valence-corrected chi connectivity index (χ3v) is 10.2. The molecule has 2 N–H and O–H groups in total. The number of carboxylic acid groups (broad SMARTS) is 1. The van der Waals surface area contributed by atoms with E-state index in [-0.39, 0.29) is 23.3 Å². The molecule has 1 aliphatic heterocycles. The number of carboxylic acids is 1. The smallest absolute Gasteiger partial charge is 0.371 e. The van der Waals surface area contributed by atoms with E-state index in [1.807, 2.05) is 41.0 Å². The first-order valence-corrected chi connectivity index (χ1v) is 15.2. The zero-order valence-electron chi connectivity index (χ0n) is 24.0. The van der Waals surface area contributed by atoms with Gasteiger partial charge in [-0.3, -0.25) is 14.9 Å². The summed E-state index contributed by atoms with van der Waals surface area (Å²) in [6.45, 7) is 0.248. The molecular weight excluding hydrogens is 558 g/mol. The fourth-order valence-electron chi connectivity index (χ4n) is 8.74. The quantitative estimate of drug-likeness (QED) is 0.207. The van der Waals surface area contributed by atoms with E-state index in [0.29, 0.717) is 17.0 Å². The van der Waals surface area contributed by atoms with E-state index in [2.05, 4.69) is 17.4 Å². The van der Waals surface area contributed by atoms with Gasteiger partial charge in [0.05, 0.1) is 12.2 Å². The van der Waals surface area contributed by atoms with Crippen LogP contribution in [0.25, 0.3) is 17.0 Å². The molecule has 1 saturated heterocycles. The van der Waals surface area contributed by atoms with E-state index in [0.717, 1.165) is 33.6 Å². The van der Waals surface area contributed by atoms with Crippen LogP contribution in [0.15, 0.2) is 76.9 Å². The molecule has 4 aliphatic carbocycles. The molecule has 0 spiro atoms. The number of urea groups is 1. The molecular formula is C35H31N3O6. The van der Waals surface area contributed by atoms with Crippen LogP contribution >= 0.6 is 0 Å². The number of furan rings is 1. The molecule has 0 unspecified atom stereocenters. The molecule has 5 aliphatic rings. The van der Waals surface area contributed by atoms with Crippen molar-refractivity contribution in [2.24, 2.45) is 17.8 Å². The number of imide groups is 2. The highest BCUT2D eigenvalue weighted by molar-refractivity contribution is 6.39. The first-order valence-electron chi connectivity index (χ1n) is 15.2. The molecule has 0 atom stereocenters. The standard InChI is InChI=1S/C35H31N3O6/c39-31-28(14-23-18-37(29-4-2-1-3-27(23)29)19-26-9-10-30(44-26)33(41)42)32(40)38(34(43)36-31)25-7-5-24(6-8-25)35-15-20-11-21(16-35)13-22(12-20)17-35/h1-10,14,18,20-22H,11-13,15-17,19H2,(H,41,42)(H,36,39,43)/b28-14+. The Morgan fingerprint density at radius 2 is 1.61 bits per heavy atom. The van der Waals surface area contributed by atoms with Crippen LogP contribution in [0.5, 0.6) is 0 Å². The highest BCUT2D eigenvalue weighted by Gasteiger charge is 2.51. The Labute approximate surface area is 253 Å². The molecule has 9 nitrogen and oxygen atoms in total. The van der Waals surface area contributed by atoms with Gasteiger partial charge < -0.3 is 14.1 Å². The minimum Gasteiger partial charge on any atom is -0.475 e. The number of barbiturate groups is 1. The number of benzene rings is 2. The topological polar surface area (TPSA) is 122 Å². The van der Waals surface area contributed by atoms with Gasteiger partial charge in [-0.2, -0.15) is 0 Å². The van der Waals surface area contributed by atoms with Crippen molar-refractivity contribution in [2.45, 2.75) is 50.5 Å². The van der Waals surface area contributed by atoms with E-state index in [1.54, 1.807) is 12.3 Å². The molecule has 222 valence electrons. The van der Waals surface area contributed by atoms with Crippen LogP contribution in [0.3, 0.4) is 0 Å². The number of aromatic nitrogens is 1. The Morgan fingerprint density at radius 1 is 0.932 bits per heavy atom. The van der Waals surface area contributed by atoms with Gasteiger partial charge in [0.15, 0.2) is 0 Å². The van der Waals surface area contributed by atoms with Gasteiger partial charge in [0.1, 0.15) is 11.3 Å². The summed E-state index contributed by atoms with van der Waals surface area (Å²) in [7, 11) is 0. The van der Waals surface area contributed by atoms with Crippen LogP contribution in [-0.4, -0.2) is 33.5 Å². The van der Waals surface area contributed by atoms with Crippen molar-refractivity contribution in [3.8, 4) is 0 Å². The second kappa shape index (κ2) is 9.80. The van der Waals surface area contributed by atoms with Crippen LogP contribution in [-0.2, 0) is 21.5 Å². The van der Waals surface area contributed by atoms with Crippen molar-refractivity contribution in [3.63, 3.8) is 0 Å². The van der Waals surface area contributed by atoms with Gasteiger partial charge in [-0.05, 0) is 104 Å². The van der Waals surface area contributed by atoms with Gasteiger partial charge in [-0.15, -0.1) is 0 Å². The molecule has 44 heavy (non-hydrogen) atoms. The summed E-state index contributed by atoms with van der Waals surface area (Å²) < 4.78 is 7.31. The summed E-state index contributed by atoms with van der Waals surface area (Å²) in [5.74, 6) is 0.124. The lowest BCUT2D eigenvalue weighted by Gasteiger charge is -2.57. The van der Waals surface area contributed by atoms with Gasteiger partial charge in [-0.25, -0.2) is 14.5 Å². The molecule has 3 heterocycles. The summed E-state index contributed by atoms with van der Waals surface area (Å²) in [6, 6.07) is 17.5. The lowest BCUT2D eigenvalue weighted by Crippen LogP contribution is -2.54. The number of nitrogens with zero attached hydrogens (tertiary/aromatic N) is 2. The maximum absolute atomic E-state index is 13.8. The maximum Gasteiger partial charge on any atom is 0.371 e. The zero-order valence-corrected chi connectivity index (χ0v) is 24.0. The molecule has 9 rings (SSSR count). The number of amides is 4. The van der Waals surface area contributed by atoms with Crippen molar-refractivity contribution in [3.05, 3.63) is 95.1 Å². The van der Waals surface area contributed by atoms with E-state index >= 15 is 0 Å². The molecule has 4 aromatic rings. The molecule has 0 radical (unpaired) electrons. The van der Waals surface area contributed by atoms with Gasteiger partial charge >= 0.3 is 12.0 Å². The Balaban J connectivity index is 1.10. The zero-order chi connectivity index (χ0) is 30.2. The van der Waals surface area contributed by atoms with Crippen molar-refractivity contribution in [2.75, 3.05) is 4.90 Å². The molecule has 4 bridgehead atoms. The van der Waals surface area contributed by atoms with Gasteiger partial charge in [0.2, 0.25) is 5.76 Å². The maximum atomic E-state index is 13.8. The van der Waals surface area contributed by atoms with Gasteiger partial charge in [-0.1, -0.05) is 30.3 Å². The van der Waals surface area contributed by atoms with Crippen molar-refractivity contribution < 1.29 is 28.7 Å². The number of para-hydroxylation sites is 1. The third-order valence-electron chi connectivity index (χ3n) is 10.2. The van der Waals surface area contributed by atoms with E-state index < -0.39 is 23.8 Å². The molecule has 4 amide bonds. The van der Waals surface area contributed by atoms with Crippen LogP contribution in [0.4, 0.5) is 10.5 Å². The second-order valence-corrected chi connectivity index (χ2v) is 13.0. The number of anilines is 1. The number of hydrogen-bond acceptors (Lipinski definition) is 5. The first kappa shape index (κ1) is 26.7. The number of nitrogens with one attached hydrogen (secondary N) is 1. The van der Waals surface area contributed by atoms with Crippen LogP contribution in [0.1, 0.15) is 66.0 Å². The molecule has 9 heteroatoms. The summed E-state index contributed by atoms with van der Waals surface area (Å²) in [6.07, 6.45) is 11.0. The normalized spacial score (nSPS) is 27.0.